The van der Waals surface area contributed by atoms with Gasteiger partial charge < -0.3 is 43.9 Å². The number of nitrogens with two attached hydrogens (primary N) is 4. The summed E-state index contributed by atoms with van der Waals surface area (Å²) in [7, 11) is 0. The molecule has 48 heavy (non-hydrogen) atoms. The Labute approximate surface area is 278 Å². The van der Waals surface area contributed by atoms with E-state index in [0.717, 1.165) is 27.6 Å². The molecule has 0 unspecified atom stereocenters. The zero-order chi connectivity index (χ0) is 34.5. The molecule has 0 radical (unpaired) electrons. The minimum atomic E-state index is -1.11. The van der Waals surface area contributed by atoms with Crippen LogP contribution in [-0.2, 0) is 38.4 Å². The summed E-state index contributed by atoms with van der Waals surface area (Å²) in [6.07, 6.45) is 2.77. The molecule has 0 saturated heterocycles. The molecule has 4 amide bonds. The fourth-order valence-corrected chi connectivity index (χ4v) is 5.36. The van der Waals surface area contributed by atoms with Crippen LogP contribution in [-0.4, -0.2) is 65.3 Å². The van der Waals surface area contributed by atoms with E-state index in [9.17, 15) is 19.2 Å². The van der Waals surface area contributed by atoms with Crippen LogP contribution in [0.1, 0.15) is 29.5 Å². The molecule has 0 bridgehead atoms. The molecule has 0 fully saturated rings. The van der Waals surface area contributed by atoms with Crippen molar-refractivity contribution in [1.82, 2.24) is 20.9 Å². The van der Waals surface area contributed by atoms with E-state index in [1.165, 1.54) is 0 Å². The molecule has 0 spiro atoms. The van der Waals surface area contributed by atoms with Gasteiger partial charge in [0.25, 0.3) is 0 Å². The standard InChI is InChI=1S/C35H43N9O4/c36-26(18-22-10-3-1-4-11-22)32(46)44-30(19-23-12-5-2-6-13-23)34(48)42-28(16-9-17-40-35(38)39)33(47)43-29(31(37)45)20-24-21-41-27-15-8-7-14-25(24)27/h1-8,10-15,21,26,28-30,41H,9,16-20,36H2,(H2,37,45)(H,42,48)(H,43,47)(H,44,46)(H4,38,39,40)/t26-,28-,29-,30+/m0/s1. The van der Waals surface area contributed by atoms with Gasteiger partial charge in [-0.05, 0) is 42.0 Å². The predicted molar refractivity (Wildman–Crippen MR) is 185 cm³/mol. The number of aromatic amines is 1. The number of carbonyl (C=O) groups excluding carboxylic acids is 4. The van der Waals surface area contributed by atoms with Gasteiger partial charge in [-0.3, -0.25) is 24.2 Å². The molecule has 4 aromatic rings. The van der Waals surface area contributed by atoms with Gasteiger partial charge in [-0.1, -0.05) is 78.9 Å². The number of nitrogens with zero attached hydrogens (tertiary/aromatic N) is 1. The van der Waals surface area contributed by atoms with Crippen molar-refractivity contribution in [2.75, 3.05) is 6.54 Å². The number of para-hydroxylation sites is 1. The van der Waals surface area contributed by atoms with E-state index >= 15 is 0 Å². The summed E-state index contributed by atoms with van der Waals surface area (Å²) in [6.45, 7) is 0.203. The summed E-state index contributed by atoms with van der Waals surface area (Å²) in [5, 5.41) is 9.16. The molecule has 3 aromatic carbocycles. The molecule has 4 rings (SSSR count). The lowest BCUT2D eigenvalue weighted by Crippen LogP contribution is -2.58. The molecule has 252 valence electrons. The summed E-state index contributed by atoms with van der Waals surface area (Å²) >= 11 is 0. The van der Waals surface area contributed by atoms with Gasteiger partial charge in [0.15, 0.2) is 5.96 Å². The number of aliphatic imine (C=N–C) groups is 1. The van der Waals surface area contributed by atoms with Gasteiger partial charge in [-0.25, -0.2) is 0 Å². The van der Waals surface area contributed by atoms with Gasteiger partial charge in [0, 0.05) is 36.5 Å². The molecule has 1 heterocycles. The molecule has 12 N–H and O–H groups in total. The fraction of sp³-hybridized carbons (Fsp3) is 0.286. The highest BCUT2D eigenvalue weighted by molar-refractivity contribution is 5.95. The topological polar surface area (TPSA) is 237 Å². The van der Waals surface area contributed by atoms with Crippen LogP contribution < -0.4 is 38.9 Å². The Morgan fingerprint density at radius 1 is 0.667 bits per heavy atom. The number of hydrogen-bond acceptors (Lipinski definition) is 6. The normalized spacial score (nSPS) is 13.4. The summed E-state index contributed by atoms with van der Waals surface area (Å²) in [5.41, 5.74) is 26.2. The van der Waals surface area contributed by atoms with Crippen molar-refractivity contribution in [2.24, 2.45) is 27.9 Å². The second-order valence-electron chi connectivity index (χ2n) is 11.6. The number of H-pyrrole nitrogens is 1. The molecule has 4 atom stereocenters. The quantitative estimate of drug-likeness (QED) is 0.0456. The van der Waals surface area contributed by atoms with Crippen molar-refractivity contribution < 1.29 is 19.2 Å². The average Bonchev–Trinajstić information content (AvgIpc) is 3.48. The second-order valence-corrected chi connectivity index (χ2v) is 11.6. The summed E-state index contributed by atoms with van der Waals surface area (Å²) in [4.78, 5) is 60.4. The van der Waals surface area contributed by atoms with Gasteiger partial charge in [0.05, 0.1) is 6.04 Å². The minimum Gasteiger partial charge on any atom is -0.370 e. The highest BCUT2D eigenvalue weighted by Gasteiger charge is 2.30. The Morgan fingerprint density at radius 2 is 1.23 bits per heavy atom. The van der Waals surface area contributed by atoms with E-state index in [-0.39, 0.29) is 38.2 Å². The Kier molecular flexibility index (Phi) is 12.7. The van der Waals surface area contributed by atoms with Crippen LogP contribution in [0.3, 0.4) is 0 Å². The van der Waals surface area contributed by atoms with Crippen molar-refractivity contribution in [3.63, 3.8) is 0 Å². The number of aromatic nitrogens is 1. The van der Waals surface area contributed by atoms with Crippen LogP contribution in [0.2, 0.25) is 0 Å². The number of primary amides is 1. The third-order valence-corrected chi connectivity index (χ3v) is 7.89. The smallest absolute Gasteiger partial charge is 0.243 e. The largest absolute Gasteiger partial charge is 0.370 e. The van der Waals surface area contributed by atoms with Crippen molar-refractivity contribution in [3.05, 3.63) is 108 Å². The molecule has 13 heteroatoms. The average molecular weight is 654 g/mol. The number of rotatable bonds is 17. The summed E-state index contributed by atoms with van der Waals surface area (Å²) < 4.78 is 0. The molecule has 1 aromatic heterocycles. The lowest BCUT2D eigenvalue weighted by molar-refractivity contribution is -0.133. The van der Waals surface area contributed by atoms with Crippen molar-refractivity contribution in [2.45, 2.75) is 56.3 Å². The number of carbonyl (C=O) groups is 4. The first-order valence-electron chi connectivity index (χ1n) is 15.7. The molecule has 0 aliphatic rings. The fourth-order valence-electron chi connectivity index (χ4n) is 5.36. The number of benzene rings is 3. The van der Waals surface area contributed by atoms with E-state index in [0.29, 0.717) is 6.42 Å². The molecular weight excluding hydrogens is 610 g/mol. The number of amides is 4. The van der Waals surface area contributed by atoms with E-state index in [1.807, 2.05) is 84.9 Å². The van der Waals surface area contributed by atoms with E-state index in [2.05, 4.69) is 25.9 Å². The molecular formula is C35H43N9O4. The van der Waals surface area contributed by atoms with Crippen LogP contribution >= 0.6 is 0 Å². The van der Waals surface area contributed by atoms with Gasteiger partial charge >= 0.3 is 0 Å². The monoisotopic (exact) mass is 653 g/mol. The zero-order valence-electron chi connectivity index (χ0n) is 26.6. The molecule has 0 aliphatic heterocycles. The van der Waals surface area contributed by atoms with E-state index in [4.69, 9.17) is 22.9 Å². The van der Waals surface area contributed by atoms with Crippen LogP contribution in [0.15, 0.2) is 96.1 Å². The van der Waals surface area contributed by atoms with Gasteiger partial charge in [0.2, 0.25) is 23.6 Å². The first-order chi connectivity index (χ1) is 23.1. The molecule has 13 nitrogen and oxygen atoms in total. The van der Waals surface area contributed by atoms with Crippen LogP contribution in [0.5, 0.6) is 0 Å². The molecule has 0 aliphatic carbocycles. The third-order valence-electron chi connectivity index (χ3n) is 7.89. The summed E-state index contributed by atoms with van der Waals surface area (Å²) in [6, 6.07) is 21.9. The number of fused-ring (bicyclic) bond motifs is 1. The second kappa shape index (κ2) is 17.3. The first kappa shape index (κ1) is 35.2. The maximum absolute atomic E-state index is 13.8. The maximum Gasteiger partial charge on any atom is 0.243 e. The highest BCUT2D eigenvalue weighted by Crippen LogP contribution is 2.19. The van der Waals surface area contributed by atoms with Crippen LogP contribution in [0, 0.1) is 0 Å². The first-order valence-corrected chi connectivity index (χ1v) is 15.7. The van der Waals surface area contributed by atoms with Crippen LogP contribution in [0.4, 0.5) is 0 Å². The Balaban J connectivity index is 1.51. The van der Waals surface area contributed by atoms with Gasteiger partial charge in [0.1, 0.15) is 18.1 Å². The predicted octanol–water partition coefficient (Wildman–Crippen LogP) is 0.516. The molecule has 0 saturated carbocycles. The maximum atomic E-state index is 13.8. The third kappa shape index (κ3) is 10.4. The zero-order valence-corrected chi connectivity index (χ0v) is 26.6. The lowest BCUT2D eigenvalue weighted by Gasteiger charge is -2.25. The lowest BCUT2D eigenvalue weighted by atomic mass is 10.0. The minimum absolute atomic E-state index is 0.106. The van der Waals surface area contributed by atoms with Crippen molar-refractivity contribution >= 4 is 40.5 Å². The Hall–Kier alpha value is -5.69. The van der Waals surface area contributed by atoms with Crippen molar-refractivity contribution in [1.29, 1.82) is 0 Å². The van der Waals surface area contributed by atoms with E-state index < -0.39 is 47.8 Å². The number of nitrogens with one attached hydrogen (secondary N) is 4. The number of hydrogen-bond donors (Lipinski definition) is 8. The summed E-state index contributed by atoms with van der Waals surface area (Å²) in [5.74, 6) is -2.59. The Morgan fingerprint density at radius 3 is 1.88 bits per heavy atom. The Bertz CT molecular complexity index is 1700. The van der Waals surface area contributed by atoms with Crippen LogP contribution in [0.25, 0.3) is 10.9 Å². The van der Waals surface area contributed by atoms with Gasteiger partial charge in [-0.2, -0.15) is 0 Å². The highest BCUT2D eigenvalue weighted by atomic mass is 16.2. The van der Waals surface area contributed by atoms with Crippen molar-refractivity contribution in [3.8, 4) is 0 Å². The number of guanidine groups is 1. The van der Waals surface area contributed by atoms with E-state index in [1.54, 1.807) is 6.20 Å². The SMILES string of the molecule is NC(=O)[C@H](Cc1c[nH]c2ccccc12)NC(=O)[C@H](CCCN=C(N)N)NC(=O)[C@@H](Cc1ccccc1)NC(=O)[C@@H](N)Cc1ccccc1. The van der Waals surface area contributed by atoms with Gasteiger partial charge in [-0.15, -0.1) is 0 Å².